The average Bonchev–Trinajstić information content (AvgIpc) is 3.65. The van der Waals surface area contributed by atoms with Crippen molar-refractivity contribution in [2.24, 2.45) is 17.4 Å². The first kappa shape index (κ1) is 53.3. The summed E-state index contributed by atoms with van der Waals surface area (Å²) in [5.74, 6) is -17.6. The number of urea groups is 1. The Labute approximate surface area is 398 Å². The van der Waals surface area contributed by atoms with Gasteiger partial charge in [0.2, 0.25) is 52.6 Å². The molecule has 0 heterocycles. The minimum absolute atomic E-state index is 0.0711. The smallest absolute Gasteiger partial charge is 0.449 e. The lowest BCUT2D eigenvalue weighted by molar-refractivity contribution is -0.134. The van der Waals surface area contributed by atoms with Crippen molar-refractivity contribution in [3.05, 3.63) is 119 Å². The van der Waals surface area contributed by atoms with E-state index in [4.69, 9.17) is 20.9 Å². The zero-order valence-corrected chi connectivity index (χ0v) is 38.3. The van der Waals surface area contributed by atoms with E-state index >= 15 is 0 Å². The number of amides is 7. The van der Waals surface area contributed by atoms with Gasteiger partial charge in [-0.05, 0) is 84.5 Å². The third-order valence-corrected chi connectivity index (χ3v) is 11.1. The van der Waals surface area contributed by atoms with Crippen LogP contribution in [0.4, 0.5) is 42.0 Å². The molecule has 0 unspecified atom stereocenters. The number of nitrogens with zero attached hydrogens (tertiary/aromatic N) is 1. The molecule has 3 atom stereocenters. The maximum absolute atomic E-state index is 13.9. The Morgan fingerprint density at radius 3 is 1.81 bits per heavy atom. The molecule has 5 rings (SSSR count). The van der Waals surface area contributed by atoms with Gasteiger partial charge in [0.05, 0.1) is 5.69 Å². The van der Waals surface area contributed by atoms with E-state index in [9.17, 15) is 55.5 Å². The molecule has 70 heavy (non-hydrogen) atoms. The number of hydrogen-bond donors (Lipinski definition) is 6. The zero-order chi connectivity index (χ0) is 51.2. The minimum Gasteiger partial charge on any atom is -0.449 e. The second-order valence-corrected chi connectivity index (χ2v) is 16.4. The molecule has 0 aliphatic heterocycles. The number of nitrogens with two attached hydrogens (primary N) is 2. The average molecular weight is 982 g/mol. The van der Waals surface area contributed by atoms with Gasteiger partial charge in [-0.2, -0.15) is 8.78 Å². The van der Waals surface area contributed by atoms with Crippen LogP contribution in [0.1, 0.15) is 75.5 Å². The molecule has 0 bridgehead atoms. The van der Waals surface area contributed by atoms with Crippen molar-refractivity contribution in [2.75, 3.05) is 24.6 Å². The third kappa shape index (κ3) is 13.3. The first-order valence-electron chi connectivity index (χ1n) is 22.1. The molecule has 17 nitrogen and oxygen atoms in total. The van der Waals surface area contributed by atoms with E-state index < -0.39 is 107 Å². The van der Waals surface area contributed by atoms with Crippen LogP contribution in [0.25, 0.3) is 11.1 Å². The van der Waals surface area contributed by atoms with Gasteiger partial charge in [-0.3, -0.25) is 19.2 Å². The molecule has 0 fully saturated rings. The van der Waals surface area contributed by atoms with Crippen molar-refractivity contribution in [1.29, 1.82) is 0 Å². The van der Waals surface area contributed by atoms with Crippen molar-refractivity contribution in [2.45, 2.75) is 83.5 Å². The Bertz CT molecular complexity index is 2510. The summed E-state index contributed by atoms with van der Waals surface area (Å²) >= 11 is 0. The summed E-state index contributed by atoms with van der Waals surface area (Å²) in [6.45, 7) is 4.21. The van der Waals surface area contributed by atoms with Gasteiger partial charge in [-0.1, -0.05) is 74.5 Å². The molecule has 0 spiro atoms. The van der Waals surface area contributed by atoms with Crippen LogP contribution in [-0.4, -0.2) is 79.7 Å². The van der Waals surface area contributed by atoms with Gasteiger partial charge in [0.25, 0.3) is 5.91 Å². The molecule has 0 saturated heterocycles. The third-order valence-electron chi connectivity index (χ3n) is 11.1. The molecule has 1 aliphatic rings. The second-order valence-electron chi connectivity index (χ2n) is 16.4. The Morgan fingerprint density at radius 1 is 0.686 bits per heavy atom. The van der Waals surface area contributed by atoms with Gasteiger partial charge < -0.3 is 46.9 Å². The molecule has 0 saturated carbocycles. The molecular formula is C48H52F5N7O10. The van der Waals surface area contributed by atoms with Gasteiger partial charge in [-0.15, -0.1) is 0 Å². The number of imide groups is 1. The van der Waals surface area contributed by atoms with E-state index in [0.29, 0.717) is 17.7 Å². The maximum Gasteiger partial charge on any atom is 0.514 e. The Hall–Kier alpha value is -7.62. The number of primary amides is 1. The topological polar surface area (TPSA) is 251 Å². The normalized spacial score (nSPS) is 12.9. The number of fused-ring (bicyclic) bond motifs is 3. The molecule has 4 aromatic carbocycles. The molecule has 374 valence electrons. The molecular weight excluding hydrogens is 930 g/mol. The summed E-state index contributed by atoms with van der Waals surface area (Å²) in [6, 6.07) is 15.7. The van der Waals surface area contributed by atoms with Crippen molar-refractivity contribution < 1.29 is 69.7 Å². The van der Waals surface area contributed by atoms with E-state index in [1.165, 1.54) is 31.2 Å². The van der Waals surface area contributed by atoms with Crippen molar-refractivity contribution >= 4 is 47.6 Å². The molecule has 0 radical (unpaired) electrons. The number of hydrogen-bond acceptors (Lipinski definition) is 11. The van der Waals surface area contributed by atoms with Crippen molar-refractivity contribution in [3.63, 3.8) is 0 Å². The number of halogens is 5. The van der Waals surface area contributed by atoms with Crippen LogP contribution in [0.2, 0.25) is 0 Å². The van der Waals surface area contributed by atoms with Crippen LogP contribution in [0.15, 0.2) is 72.8 Å². The molecule has 8 N–H and O–H groups in total. The van der Waals surface area contributed by atoms with Crippen LogP contribution in [0.3, 0.4) is 0 Å². The molecule has 4 aromatic rings. The van der Waals surface area contributed by atoms with Crippen LogP contribution < -0.4 is 42.4 Å². The Balaban J connectivity index is 1.14. The van der Waals surface area contributed by atoms with E-state index in [-0.39, 0.29) is 56.1 Å². The summed E-state index contributed by atoms with van der Waals surface area (Å²) in [5, 5.41) is 10.5. The predicted octanol–water partition coefficient (Wildman–Crippen LogP) is 6.09. The van der Waals surface area contributed by atoms with E-state index in [1.54, 1.807) is 13.8 Å². The highest BCUT2D eigenvalue weighted by molar-refractivity contribution is 6.16. The lowest BCUT2D eigenvalue weighted by atomic mass is 9.98. The summed E-state index contributed by atoms with van der Waals surface area (Å²) in [4.78, 5) is 91.6. The largest absolute Gasteiger partial charge is 0.514 e. The minimum atomic E-state index is -2.46. The number of rotatable bonds is 21. The lowest BCUT2D eigenvalue weighted by Crippen LogP contribution is -2.59. The van der Waals surface area contributed by atoms with Gasteiger partial charge in [-0.25, -0.2) is 32.5 Å². The molecule has 0 aromatic heterocycles. The number of nitrogens with one attached hydrogen (secondary N) is 4. The summed E-state index contributed by atoms with van der Waals surface area (Å²) in [6.07, 6.45) is -1.45. The van der Waals surface area contributed by atoms with E-state index in [2.05, 4.69) is 26.0 Å². The highest BCUT2D eigenvalue weighted by Crippen LogP contribution is 2.44. The van der Waals surface area contributed by atoms with Crippen LogP contribution in [0, 0.1) is 35.0 Å². The highest BCUT2D eigenvalue weighted by atomic mass is 19.2. The van der Waals surface area contributed by atoms with Gasteiger partial charge in [0, 0.05) is 19.4 Å². The van der Waals surface area contributed by atoms with Crippen LogP contribution >= 0.6 is 0 Å². The van der Waals surface area contributed by atoms with Crippen LogP contribution in [0.5, 0.6) is 5.75 Å². The number of carbonyl (C=O) groups excluding carboxylic acids is 7. The number of ether oxygens (including phenoxy) is 3. The molecule has 1 aliphatic carbocycles. The Morgan fingerprint density at radius 2 is 1.26 bits per heavy atom. The first-order chi connectivity index (χ1) is 33.3. The second kappa shape index (κ2) is 24.6. The summed E-state index contributed by atoms with van der Waals surface area (Å²) in [5.41, 5.74) is 15.6. The fraction of sp³-hybridized carbons (Fsp3) is 0.354. The molecule has 7 amide bonds. The fourth-order valence-electron chi connectivity index (χ4n) is 7.65. The standard InChI is InChI=1S/C48H52F5N7O10/c1-25(2)41(59-43(62)34(57-26(3)61)15-8-9-22-56-47(66)68-24-33-31-13-6-4-11-29(31)30-12-5-7-14-32(30)33)44(63)58-35(16-10-21-54)45(64)60(46(55)65)28-19-17-27(18-20-28)23-69-48(67)70-42-39(52)37(50)36(49)38(51)40(42)53/h4-7,11-14,17-20,25,33-35,41H,8-10,15-16,21-24,54H2,1-3H3,(H2,55,65)(H,56,66)(H,57,61)(H,58,63)(H,59,62)/t34-,35-,41-/m0/s1. The van der Waals surface area contributed by atoms with Crippen LogP contribution in [-0.2, 0) is 35.3 Å². The number of alkyl carbamates (subject to hydrolysis) is 1. The number of unbranched alkanes of at least 4 members (excludes halogenated alkanes) is 1. The Kier molecular flexibility index (Phi) is 18.7. The number of carbonyl (C=O) groups is 7. The fourth-order valence-corrected chi connectivity index (χ4v) is 7.65. The lowest BCUT2D eigenvalue weighted by Gasteiger charge is -2.29. The van der Waals surface area contributed by atoms with E-state index in [0.717, 1.165) is 22.3 Å². The number of benzene rings is 4. The van der Waals surface area contributed by atoms with Gasteiger partial charge in [0.1, 0.15) is 31.3 Å². The quantitative estimate of drug-likeness (QED) is 0.0139. The zero-order valence-electron chi connectivity index (χ0n) is 38.3. The summed E-state index contributed by atoms with van der Waals surface area (Å²) < 4.78 is 82.7. The first-order valence-corrected chi connectivity index (χ1v) is 22.1. The predicted molar refractivity (Wildman–Crippen MR) is 242 cm³/mol. The van der Waals surface area contributed by atoms with Crippen molar-refractivity contribution in [3.8, 4) is 16.9 Å². The number of anilines is 1. The van der Waals surface area contributed by atoms with E-state index in [1.807, 2.05) is 48.5 Å². The maximum atomic E-state index is 13.9. The SMILES string of the molecule is CC(=O)N[C@@H](CCCCNC(=O)OCC1c2ccccc2-c2ccccc21)C(=O)N[C@H](C(=O)N[C@@H](CCCN)C(=O)N(C(N)=O)c1ccc(COC(=O)Oc2c(F)c(F)c(F)c(F)c2F)cc1)C(C)C. The van der Waals surface area contributed by atoms with Crippen molar-refractivity contribution in [1.82, 2.24) is 21.3 Å². The molecule has 22 heteroatoms. The summed E-state index contributed by atoms with van der Waals surface area (Å²) in [7, 11) is 0. The monoisotopic (exact) mass is 981 g/mol. The van der Waals surface area contributed by atoms with Gasteiger partial charge in [0.15, 0.2) is 0 Å². The highest BCUT2D eigenvalue weighted by Gasteiger charge is 2.35. The van der Waals surface area contributed by atoms with Gasteiger partial charge >= 0.3 is 18.3 Å².